The van der Waals surface area contributed by atoms with Crippen LogP contribution in [0.4, 0.5) is 5.82 Å². The number of aromatic amines is 1. The van der Waals surface area contributed by atoms with E-state index in [4.69, 9.17) is 0 Å². The molecule has 0 atom stereocenters. The first kappa shape index (κ1) is 15.7. The third kappa shape index (κ3) is 3.91. The minimum Gasteiger partial charge on any atom is -0.350 e. The Balaban J connectivity index is 1.95. The summed E-state index contributed by atoms with van der Waals surface area (Å²) in [6, 6.07) is 1.88. The summed E-state index contributed by atoms with van der Waals surface area (Å²) in [5.74, 6) is 0.426. The van der Waals surface area contributed by atoms with E-state index >= 15 is 0 Å². The highest BCUT2D eigenvalue weighted by molar-refractivity contribution is 5.80. The maximum atomic E-state index is 12.0. The minimum atomic E-state index is -0.187. The fourth-order valence-corrected chi connectivity index (χ4v) is 2.13. The van der Waals surface area contributed by atoms with Crippen molar-refractivity contribution >= 4 is 11.7 Å². The van der Waals surface area contributed by atoms with Gasteiger partial charge in [-0.05, 0) is 25.5 Å². The molecule has 0 aliphatic heterocycles. The first-order valence-electron chi connectivity index (χ1n) is 6.90. The predicted molar refractivity (Wildman–Crippen MR) is 83.7 cm³/mol. The molecule has 0 fully saturated rings. The molecule has 2 N–H and O–H groups in total. The molecule has 0 bridgehead atoms. The molecule has 0 aliphatic rings. The van der Waals surface area contributed by atoms with Crippen LogP contribution in [-0.2, 0) is 11.3 Å². The van der Waals surface area contributed by atoms with Crippen molar-refractivity contribution in [2.24, 2.45) is 0 Å². The van der Waals surface area contributed by atoms with E-state index in [1.807, 2.05) is 19.9 Å². The van der Waals surface area contributed by atoms with E-state index < -0.39 is 0 Å². The highest BCUT2D eigenvalue weighted by Gasteiger charge is 2.10. The molecule has 2 heterocycles. The van der Waals surface area contributed by atoms with Gasteiger partial charge in [0, 0.05) is 37.2 Å². The van der Waals surface area contributed by atoms with E-state index in [1.54, 1.807) is 30.5 Å². The van der Waals surface area contributed by atoms with Crippen LogP contribution in [0.15, 0.2) is 29.5 Å². The maximum absolute atomic E-state index is 12.0. The number of aromatic nitrogens is 3. The molecule has 116 valence electrons. The quantitative estimate of drug-likeness (QED) is 0.841. The Kier molecular flexibility index (Phi) is 4.88. The van der Waals surface area contributed by atoms with Gasteiger partial charge in [-0.1, -0.05) is 0 Å². The van der Waals surface area contributed by atoms with Crippen molar-refractivity contribution in [3.8, 4) is 0 Å². The number of hydrogen-bond donors (Lipinski definition) is 2. The number of likely N-dealkylation sites (N-methyl/N-ethyl adjacent to an activating group) is 1. The molecule has 0 spiro atoms. The molecule has 1 amide bonds. The summed E-state index contributed by atoms with van der Waals surface area (Å²) in [5.41, 5.74) is 2.07. The van der Waals surface area contributed by atoms with Crippen molar-refractivity contribution in [1.82, 2.24) is 20.3 Å². The standard InChI is InChI=1S/C15H19N5O2/c1-10-6-11(2)19-15(22)12(10)7-18-14(21)9-20(3)13-8-16-4-5-17-13/h4-6,8H,7,9H2,1-3H3,(H,18,21)(H,19,22). The number of pyridine rings is 1. The van der Waals surface area contributed by atoms with Gasteiger partial charge in [-0.25, -0.2) is 4.98 Å². The van der Waals surface area contributed by atoms with Gasteiger partial charge in [0.2, 0.25) is 5.91 Å². The first-order valence-corrected chi connectivity index (χ1v) is 6.90. The molecule has 2 rings (SSSR count). The molecule has 2 aromatic rings. The van der Waals surface area contributed by atoms with Gasteiger partial charge < -0.3 is 15.2 Å². The smallest absolute Gasteiger partial charge is 0.253 e. The van der Waals surface area contributed by atoms with Crippen LogP contribution in [0, 0.1) is 13.8 Å². The minimum absolute atomic E-state index is 0.140. The van der Waals surface area contributed by atoms with E-state index in [-0.39, 0.29) is 24.6 Å². The second-order valence-corrected chi connectivity index (χ2v) is 5.14. The Morgan fingerprint density at radius 2 is 2.14 bits per heavy atom. The molecule has 0 aliphatic carbocycles. The number of carbonyl (C=O) groups excluding carboxylic acids is 1. The predicted octanol–water partition coefficient (Wildman–Crippen LogP) is 0.534. The number of nitrogens with one attached hydrogen (secondary N) is 2. The fourth-order valence-electron chi connectivity index (χ4n) is 2.13. The van der Waals surface area contributed by atoms with Crippen LogP contribution in [0.3, 0.4) is 0 Å². The van der Waals surface area contributed by atoms with Crippen molar-refractivity contribution < 1.29 is 4.79 Å². The van der Waals surface area contributed by atoms with Crippen LogP contribution < -0.4 is 15.8 Å². The number of H-pyrrole nitrogens is 1. The van der Waals surface area contributed by atoms with Gasteiger partial charge in [0.05, 0.1) is 12.7 Å². The molecular formula is C15H19N5O2. The van der Waals surface area contributed by atoms with Gasteiger partial charge in [-0.15, -0.1) is 0 Å². The van der Waals surface area contributed by atoms with E-state index in [1.165, 1.54) is 0 Å². The summed E-state index contributed by atoms with van der Waals surface area (Å²) in [5, 5.41) is 2.75. The zero-order chi connectivity index (χ0) is 16.1. The Labute approximate surface area is 128 Å². The zero-order valence-corrected chi connectivity index (χ0v) is 12.9. The highest BCUT2D eigenvalue weighted by atomic mass is 16.2. The molecule has 0 radical (unpaired) electrons. The summed E-state index contributed by atoms with van der Waals surface area (Å²) in [6.45, 7) is 4.03. The van der Waals surface area contributed by atoms with Gasteiger partial charge in [0.1, 0.15) is 5.82 Å². The molecular weight excluding hydrogens is 282 g/mol. The van der Waals surface area contributed by atoms with E-state index in [0.29, 0.717) is 11.4 Å². The number of nitrogens with zero attached hydrogens (tertiary/aromatic N) is 3. The topological polar surface area (TPSA) is 91.0 Å². The Morgan fingerprint density at radius 1 is 1.36 bits per heavy atom. The monoisotopic (exact) mass is 301 g/mol. The largest absolute Gasteiger partial charge is 0.350 e. The van der Waals surface area contributed by atoms with Gasteiger partial charge in [0.15, 0.2) is 0 Å². The lowest BCUT2D eigenvalue weighted by Gasteiger charge is -2.17. The third-order valence-electron chi connectivity index (χ3n) is 3.28. The number of anilines is 1. The fraction of sp³-hybridized carbons (Fsp3) is 0.333. The molecule has 22 heavy (non-hydrogen) atoms. The number of hydrogen-bond acceptors (Lipinski definition) is 5. The Morgan fingerprint density at radius 3 is 2.77 bits per heavy atom. The molecule has 0 saturated carbocycles. The molecule has 7 nitrogen and oxygen atoms in total. The van der Waals surface area contributed by atoms with Gasteiger partial charge in [0.25, 0.3) is 5.56 Å². The molecule has 0 aromatic carbocycles. The van der Waals surface area contributed by atoms with Crippen LogP contribution in [0.1, 0.15) is 16.8 Å². The van der Waals surface area contributed by atoms with Crippen molar-refractivity contribution in [2.45, 2.75) is 20.4 Å². The lowest BCUT2D eigenvalue weighted by Crippen LogP contribution is -2.36. The van der Waals surface area contributed by atoms with Gasteiger partial charge in [-0.2, -0.15) is 0 Å². The summed E-state index contributed by atoms with van der Waals surface area (Å²) in [4.78, 5) is 36.4. The first-order chi connectivity index (χ1) is 10.5. The summed E-state index contributed by atoms with van der Waals surface area (Å²) < 4.78 is 0. The highest BCUT2D eigenvalue weighted by Crippen LogP contribution is 2.05. The number of aryl methyl sites for hydroxylation is 2. The van der Waals surface area contributed by atoms with E-state index in [0.717, 1.165) is 11.3 Å². The molecule has 0 saturated heterocycles. The van der Waals surface area contributed by atoms with Crippen LogP contribution >= 0.6 is 0 Å². The molecule has 0 unspecified atom stereocenters. The third-order valence-corrected chi connectivity index (χ3v) is 3.28. The van der Waals surface area contributed by atoms with Crippen molar-refractivity contribution in [1.29, 1.82) is 0 Å². The Hall–Kier alpha value is -2.70. The number of rotatable bonds is 5. The van der Waals surface area contributed by atoms with Gasteiger partial charge >= 0.3 is 0 Å². The van der Waals surface area contributed by atoms with Crippen LogP contribution in [-0.4, -0.2) is 34.5 Å². The van der Waals surface area contributed by atoms with Crippen molar-refractivity contribution in [2.75, 3.05) is 18.5 Å². The zero-order valence-electron chi connectivity index (χ0n) is 12.9. The average Bonchev–Trinajstić information content (AvgIpc) is 2.47. The molecule has 7 heteroatoms. The van der Waals surface area contributed by atoms with E-state index in [2.05, 4.69) is 20.3 Å². The SMILES string of the molecule is Cc1cc(C)c(CNC(=O)CN(C)c2cnccn2)c(=O)[nH]1. The Bertz CT molecular complexity index is 712. The van der Waals surface area contributed by atoms with Crippen LogP contribution in [0.5, 0.6) is 0 Å². The van der Waals surface area contributed by atoms with E-state index in [9.17, 15) is 9.59 Å². The summed E-state index contributed by atoms with van der Waals surface area (Å²) in [6.07, 6.45) is 4.73. The lowest BCUT2D eigenvalue weighted by molar-refractivity contribution is -0.119. The molecule has 2 aromatic heterocycles. The normalized spacial score (nSPS) is 10.3. The lowest BCUT2D eigenvalue weighted by atomic mass is 10.1. The second-order valence-electron chi connectivity index (χ2n) is 5.14. The van der Waals surface area contributed by atoms with Gasteiger partial charge in [-0.3, -0.25) is 14.6 Å². The van der Waals surface area contributed by atoms with Crippen LogP contribution in [0.25, 0.3) is 0 Å². The second kappa shape index (κ2) is 6.84. The van der Waals surface area contributed by atoms with Crippen molar-refractivity contribution in [3.05, 3.63) is 51.8 Å². The van der Waals surface area contributed by atoms with Crippen molar-refractivity contribution in [3.63, 3.8) is 0 Å². The number of carbonyl (C=O) groups is 1. The summed E-state index contributed by atoms with van der Waals surface area (Å²) >= 11 is 0. The van der Waals surface area contributed by atoms with Crippen LogP contribution in [0.2, 0.25) is 0 Å². The average molecular weight is 301 g/mol. The summed E-state index contributed by atoms with van der Waals surface area (Å²) in [7, 11) is 1.76. The number of amides is 1. The maximum Gasteiger partial charge on any atom is 0.253 e.